The molecule has 2 aliphatic carbocycles. The molecule has 1 aromatic rings. The molecule has 4 heteroatoms. The molecule has 1 saturated heterocycles. The molecule has 0 bridgehead atoms. The standard InChI is InChI=1S/C31H51NO3/c1-5-30(6-2)25-31(34-27-18-12-8-13-19-27,35-28-20-14-9-15-21-28)24-29(3,4)32(30)33-23-22-26-16-10-7-11-17-26/h7,10-11,16-17,27-28H,5-6,8-9,12-15,18-25H2,1-4H3. The van der Waals surface area contributed by atoms with E-state index in [4.69, 9.17) is 14.3 Å². The van der Waals surface area contributed by atoms with Crippen LogP contribution >= 0.6 is 0 Å². The van der Waals surface area contributed by atoms with Gasteiger partial charge in [-0.3, -0.25) is 4.84 Å². The Morgan fingerprint density at radius 1 is 0.771 bits per heavy atom. The number of nitrogens with zero attached hydrogens (tertiary/aromatic N) is 1. The summed E-state index contributed by atoms with van der Waals surface area (Å²) in [5.41, 5.74) is 1.06. The van der Waals surface area contributed by atoms with E-state index in [-0.39, 0.29) is 11.1 Å². The van der Waals surface area contributed by atoms with E-state index < -0.39 is 5.79 Å². The van der Waals surface area contributed by atoms with Crippen molar-refractivity contribution in [3.63, 3.8) is 0 Å². The number of rotatable bonds is 10. The predicted octanol–water partition coefficient (Wildman–Crippen LogP) is 7.99. The highest BCUT2D eigenvalue weighted by molar-refractivity contribution is 5.14. The van der Waals surface area contributed by atoms with Crippen molar-refractivity contribution in [2.24, 2.45) is 0 Å². The summed E-state index contributed by atoms with van der Waals surface area (Å²) in [5, 5.41) is 2.37. The van der Waals surface area contributed by atoms with Gasteiger partial charge in [-0.25, -0.2) is 0 Å². The van der Waals surface area contributed by atoms with Gasteiger partial charge in [-0.1, -0.05) is 82.7 Å². The first kappa shape index (κ1) is 27.1. The highest BCUT2D eigenvalue weighted by atomic mass is 16.7. The molecule has 0 radical (unpaired) electrons. The van der Waals surface area contributed by atoms with Gasteiger partial charge >= 0.3 is 0 Å². The molecule has 0 amide bonds. The van der Waals surface area contributed by atoms with Crippen molar-refractivity contribution < 1.29 is 14.3 Å². The monoisotopic (exact) mass is 485 g/mol. The molecule has 0 spiro atoms. The molecule has 0 N–H and O–H groups in total. The van der Waals surface area contributed by atoms with Crippen molar-refractivity contribution in [1.82, 2.24) is 5.06 Å². The quantitative estimate of drug-likeness (QED) is 0.314. The second kappa shape index (κ2) is 12.1. The normalized spacial score (nSPS) is 25.5. The lowest BCUT2D eigenvalue weighted by Crippen LogP contribution is -2.69. The Bertz CT molecular complexity index is 728. The lowest BCUT2D eigenvalue weighted by molar-refractivity contribution is -0.380. The third-order valence-electron chi connectivity index (χ3n) is 8.92. The maximum Gasteiger partial charge on any atom is 0.172 e. The fourth-order valence-corrected chi connectivity index (χ4v) is 7.17. The van der Waals surface area contributed by atoms with E-state index >= 15 is 0 Å². The molecule has 2 saturated carbocycles. The van der Waals surface area contributed by atoms with Crippen LogP contribution in [0.25, 0.3) is 0 Å². The van der Waals surface area contributed by atoms with Crippen LogP contribution in [0, 0.1) is 0 Å². The van der Waals surface area contributed by atoms with Gasteiger partial charge in [-0.15, -0.1) is 0 Å². The van der Waals surface area contributed by atoms with Crippen LogP contribution < -0.4 is 0 Å². The van der Waals surface area contributed by atoms with Crippen molar-refractivity contribution in [3.05, 3.63) is 35.9 Å². The maximum atomic E-state index is 7.13. The molecule has 35 heavy (non-hydrogen) atoms. The van der Waals surface area contributed by atoms with Crippen molar-refractivity contribution >= 4 is 0 Å². The minimum Gasteiger partial charge on any atom is -0.347 e. The highest BCUT2D eigenvalue weighted by Crippen LogP contribution is 2.51. The molecule has 1 aromatic carbocycles. The average Bonchev–Trinajstić information content (AvgIpc) is 2.86. The summed E-state index contributed by atoms with van der Waals surface area (Å²) >= 11 is 0. The summed E-state index contributed by atoms with van der Waals surface area (Å²) in [5.74, 6) is -0.515. The third-order valence-corrected chi connectivity index (χ3v) is 8.92. The molecular weight excluding hydrogens is 434 g/mol. The molecule has 0 atom stereocenters. The zero-order valence-corrected chi connectivity index (χ0v) is 23.0. The van der Waals surface area contributed by atoms with Crippen molar-refractivity contribution in [1.29, 1.82) is 0 Å². The Morgan fingerprint density at radius 3 is 1.83 bits per heavy atom. The SMILES string of the molecule is CCC1(CC)CC(OC2CCCCC2)(OC2CCCCC2)CC(C)(C)N1OCCc1ccccc1. The van der Waals surface area contributed by atoms with E-state index in [1.807, 2.05) is 0 Å². The summed E-state index contributed by atoms with van der Waals surface area (Å²) in [6.07, 6.45) is 18.0. The fraction of sp³-hybridized carbons (Fsp3) is 0.806. The van der Waals surface area contributed by atoms with E-state index in [2.05, 4.69) is 63.1 Å². The van der Waals surface area contributed by atoms with Crippen LogP contribution in [-0.4, -0.2) is 40.7 Å². The van der Waals surface area contributed by atoms with Gasteiger partial charge in [0, 0.05) is 18.4 Å². The lowest BCUT2D eigenvalue weighted by Gasteiger charge is -2.60. The Morgan fingerprint density at radius 2 is 1.31 bits per heavy atom. The summed E-state index contributed by atoms with van der Waals surface area (Å²) in [4.78, 5) is 6.70. The molecule has 4 nitrogen and oxygen atoms in total. The Balaban J connectivity index is 1.56. The summed E-state index contributed by atoms with van der Waals surface area (Å²) in [7, 11) is 0. The Hall–Kier alpha value is -0.940. The number of ether oxygens (including phenoxy) is 2. The summed E-state index contributed by atoms with van der Waals surface area (Å²) in [6, 6.07) is 10.7. The zero-order valence-electron chi connectivity index (χ0n) is 23.0. The van der Waals surface area contributed by atoms with E-state index in [9.17, 15) is 0 Å². The number of hydrogen-bond acceptors (Lipinski definition) is 4. The van der Waals surface area contributed by atoms with Crippen LogP contribution in [0.2, 0.25) is 0 Å². The Kier molecular flexibility index (Phi) is 9.35. The van der Waals surface area contributed by atoms with Crippen molar-refractivity contribution in [2.45, 2.75) is 153 Å². The molecule has 198 valence electrons. The van der Waals surface area contributed by atoms with Crippen LogP contribution in [0.5, 0.6) is 0 Å². The van der Waals surface area contributed by atoms with E-state index in [1.54, 1.807) is 0 Å². The van der Waals surface area contributed by atoms with Crippen LogP contribution in [-0.2, 0) is 20.7 Å². The molecular formula is C31H51NO3. The maximum absolute atomic E-state index is 7.13. The van der Waals surface area contributed by atoms with E-state index in [0.717, 1.165) is 32.1 Å². The molecule has 1 heterocycles. The first-order valence-corrected chi connectivity index (χ1v) is 14.7. The van der Waals surface area contributed by atoms with Gasteiger partial charge in [-0.05, 0) is 64.4 Å². The van der Waals surface area contributed by atoms with E-state index in [0.29, 0.717) is 18.8 Å². The molecule has 4 rings (SSSR count). The number of benzene rings is 1. The van der Waals surface area contributed by atoms with Gasteiger partial charge in [0.15, 0.2) is 5.79 Å². The minimum atomic E-state index is -0.515. The smallest absolute Gasteiger partial charge is 0.172 e. The second-order valence-electron chi connectivity index (χ2n) is 12.1. The van der Waals surface area contributed by atoms with Gasteiger partial charge in [-0.2, -0.15) is 5.06 Å². The topological polar surface area (TPSA) is 30.9 Å². The highest BCUT2D eigenvalue weighted by Gasteiger charge is 2.58. The van der Waals surface area contributed by atoms with Crippen molar-refractivity contribution in [2.75, 3.05) is 6.61 Å². The van der Waals surface area contributed by atoms with Gasteiger partial charge in [0.05, 0.1) is 24.4 Å². The number of piperidine rings is 1. The van der Waals surface area contributed by atoms with Gasteiger partial charge in [0.25, 0.3) is 0 Å². The summed E-state index contributed by atoms with van der Waals surface area (Å²) in [6.45, 7) is 10.0. The first-order chi connectivity index (χ1) is 16.9. The predicted molar refractivity (Wildman–Crippen MR) is 143 cm³/mol. The third kappa shape index (κ3) is 6.69. The second-order valence-corrected chi connectivity index (χ2v) is 12.1. The van der Waals surface area contributed by atoms with Crippen LogP contribution in [0.4, 0.5) is 0 Å². The Labute approximate surface area is 215 Å². The van der Waals surface area contributed by atoms with Crippen molar-refractivity contribution in [3.8, 4) is 0 Å². The first-order valence-electron chi connectivity index (χ1n) is 14.7. The van der Waals surface area contributed by atoms with Gasteiger partial charge in [0.2, 0.25) is 0 Å². The van der Waals surface area contributed by atoms with Crippen LogP contribution in [0.3, 0.4) is 0 Å². The molecule has 3 fully saturated rings. The molecule has 1 aliphatic heterocycles. The van der Waals surface area contributed by atoms with Gasteiger partial charge in [0.1, 0.15) is 0 Å². The zero-order chi connectivity index (χ0) is 24.8. The number of hydrogen-bond donors (Lipinski definition) is 0. The van der Waals surface area contributed by atoms with Crippen LogP contribution in [0.15, 0.2) is 30.3 Å². The van der Waals surface area contributed by atoms with Crippen LogP contribution in [0.1, 0.15) is 123 Å². The molecule has 0 aromatic heterocycles. The van der Waals surface area contributed by atoms with Gasteiger partial charge < -0.3 is 9.47 Å². The molecule has 3 aliphatic rings. The fourth-order valence-electron chi connectivity index (χ4n) is 7.17. The number of hydroxylamine groups is 2. The minimum absolute atomic E-state index is 0.0955. The lowest BCUT2D eigenvalue weighted by atomic mass is 9.73. The average molecular weight is 486 g/mol. The summed E-state index contributed by atoms with van der Waals surface area (Å²) < 4.78 is 14.3. The van der Waals surface area contributed by atoms with E-state index in [1.165, 1.54) is 69.8 Å². The largest absolute Gasteiger partial charge is 0.347 e. The molecule has 0 unspecified atom stereocenters.